The SMILES string of the molecule is [Ag].[O]=[Cu].[O]=[Ni]. The Labute approximate surface area is 61.2 Å². The summed E-state index contributed by atoms with van der Waals surface area (Å²) >= 11 is 5.56. The van der Waals surface area contributed by atoms with Crippen LogP contribution in [0.2, 0.25) is 0 Å². The fourth-order valence-corrected chi connectivity index (χ4v) is 0. The van der Waals surface area contributed by atoms with Crippen LogP contribution in [-0.2, 0) is 61.4 Å². The van der Waals surface area contributed by atoms with E-state index in [0.29, 0.717) is 0 Å². The zero-order valence-corrected chi connectivity index (χ0v) is 5.15. The topological polar surface area (TPSA) is 34.1 Å². The summed E-state index contributed by atoms with van der Waals surface area (Å²) in [6, 6.07) is 0. The third kappa shape index (κ3) is 32.9. The van der Waals surface area contributed by atoms with Crippen molar-refractivity contribution < 1.29 is 61.4 Å². The molecule has 0 fully saturated rings. The first-order valence-corrected chi connectivity index (χ1v) is 1.04. The van der Waals surface area contributed by atoms with Gasteiger partial charge in [0.2, 0.25) is 0 Å². The summed E-state index contributed by atoms with van der Waals surface area (Å²) in [5.41, 5.74) is 0. The second-order valence-corrected chi connectivity index (χ2v) is 0. The van der Waals surface area contributed by atoms with Crippen molar-refractivity contribution in [3.63, 3.8) is 0 Å². The minimum absolute atomic E-state index is 0. The van der Waals surface area contributed by atoms with Crippen LogP contribution in [0.4, 0.5) is 0 Å². The van der Waals surface area contributed by atoms with Crippen molar-refractivity contribution in [1.29, 1.82) is 0 Å². The van der Waals surface area contributed by atoms with Gasteiger partial charge in [0.25, 0.3) is 0 Å². The molecule has 0 aromatic heterocycles. The van der Waals surface area contributed by atoms with Gasteiger partial charge in [0, 0.05) is 22.4 Å². The van der Waals surface area contributed by atoms with Gasteiger partial charge in [-0.2, -0.15) is 0 Å². The van der Waals surface area contributed by atoms with Crippen LogP contribution in [0.5, 0.6) is 0 Å². The van der Waals surface area contributed by atoms with E-state index < -0.39 is 0 Å². The Balaban J connectivity index is -0.0000000133. The molecule has 0 saturated heterocycles. The normalized spacial score (nSPS) is 2.40. The Morgan fingerprint density at radius 1 is 1.20 bits per heavy atom. The molecule has 0 heterocycles. The van der Waals surface area contributed by atoms with Crippen molar-refractivity contribution in [2.75, 3.05) is 0 Å². The Hall–Kier alpha value is 1.35. The van der Waals surface area contributed by atoms with Crippen molar-refractivity contribution in [3.8, 4) is 0 Å². The molecular formula is AgCuNiO2. The molecule has 44 valence electrons. The second-order valence-electron chi connectivity index (χ2n) is 0. The van der Waals surface area contributed by atoms with Crippen LogP contribution in [0.3, 0.4) is 0 Å². The monoisotopic (exact) mass is 260 g/mol. The van der Waals surface area contributed by atoms with Gasteiger partial charge in [0.05, 0.1) is 0 Å². The molecule has 0 atom stereocenters. The average molecular weight is 262 g/mol. The second kappa shape index (κ2) is 55.4. The predicted molar refractivity (Wildman–Crippen MR) is 1.37 cm³/mol. The first-order chi connectivity index (χ1) is 2.00. The van der Waals surface area contributed by atoms with E-state index >= 15 is 0 Å². The van der Waals surface area contributed by atoms with Crippen molar-refractivity contribution in [3.05, 3.63) is 0 Å². The summed E-state index contributed by atoms with van der Waals surface area (Å²) < 4.78 is 15.7. The Kier molecular flexibility index (Phi) is 179. The molecule has 0 spiro atoms. The van der Waals surface area contributed by atoms with E-state index in [4.69, 9.17) is 7.73 Å². The molecule has 0 aliphatic carbocycles. The Bertz CT molecular complexity index is 11.6. The van der Waals surface area contributed by atoms with Gasteiger partial charge in [-0.05, 0) is 0 Å². The number of hydrogen-bond donors (Lipinski definition) is 0. The molecule has 1 radical (unpaired) electrons. The van der Waals surface area contributed by atoms with E-state index in [1.54, 1.807) is 0 Å². The number of hydrogen-bond acceptors (Lipinski definition) is 2. The van der Waals surface area contributed by atoms with E-state index in [1.807, 2.05) is 0 Å². The summed E-state index contributed by atoms with van der Waals surface area (Å²) in [6.45, 7) is 0. The maximum absolute atomic E-state index is 7.88. The molecule has 0 unspecified atom stereocenters. The molecule has 2 nitrogen and oxygen atoms in total. The van der Waals surface area contributed by atoms with Crippen LogP contribution in [0, 0.1) is 0 Å². The van der Waals surface area contributed by atoms with Gasteiger partial charge in [0.15, 0.2) is 0 Å². The van der Waals surface area contributed by atoms with Crippen molar-refractivity contribution in [1.82, 2.24) is 0 Å². The molecule has 0 saturated carbocycles. The zero-order chi connectivity index (χ0) is 4.00. The van der Waals surface area contributed by atoms with E-state index in [0.717, 1.165) is 0 Å². The van der Waals surface area contributed by atoms with E-state index in [-0.39, 0.29) is 22.4 Å². The first kappa shape index (κ1) is 16.2. The van der Waals surface area contributed by atoms with Crippen molar-refractivity contribution in [2.45, 2.75) is 0 Å². The summed E-state index contributed by atoms with van der Waals surface area (Å²) in [5, 5.41) is 0. The van der Waals surface area contributed by atoms with E-state index in [1.165, 1.54) is 0 Å². The fraction of sp³-hybridized carbons (Fsp3) is 0. The molecule has 0 rings (SSSR count). The van der Waals surface area contributed by atoms with Gasteiger partial charge in [0.1, 0.15) is 0 Å². The van der Waals surface area contributed by atoms with Gasteiger partial charge in [-0.25, -0.2) is 0 Å². The van der Waals surface area contributed by atoms with E-state index in [2.05, 4.69) is 31.3 Å². The first-order valence-electron chi connectivity index (χ1n) is 0.252. The third-order valence-electron chi connectivity index (χ3n) is 0. The fourth-order valence-electron chi connectivity index (χ4n) is 0. The molecular weight excluding hydrogens is 262 g/mol. The standard InChI is InChI=1S/Ag.Cu.Ni.2O. The van der Waals surface area contributed by atoms with Crippen LogP contribution >= 0.6 is 0 Å². The summed E-state index contributed by atoms with van der Waals surface area (Å²) in [6.07, 6.45) is 0. The van der Waals surface area contributed by atoms with Gasteiger partial charge >= 0.3 is 39.1 Å². The molecule has 0 aromatic carbocycles. The van der Waals surface area contributed by atoms with Gasteiger partial charge < -0.3 is 0 Å². The van der Waals surface area contributed by atoms with Crippen LogP contribution in [0.25, 0.3) is 0 Å². The summed E-state index contributed by atoms with van der Waals surface area (Å²) in [5.74, 6) is 0. The molecule has 0 aromatic rings. The zero-order valence-electron chi connectivity index (χ0n) is 1.74. The molecule has 0 N–H and O–H groups in total. The molecule has 5 heteroatoms. The third-order valence-corrected chi connectivity index (χ3v) is 0. The van der Waals surface area contributed by atoms with Crippen LogP contribution in [0.15, 0.2) is 0 Å². The molecule has 5 heavy (non-hydrogen) atoms. The van der Waals surface area contributed by atoms with Gasteiger partial charge in [-0.15, -0.1) is 0 Å². The number of rotatable bonds is 0. The molecule has 0 aliphatic rings. The van der Waals surface area contributed by atoms with E-state index in [9.17, 15) is 0 Å². The molecule has 0 bridgehead atoms. The average Bonchev–Trinajstić information content (AvgIpc) is 1.50. The molecule has 0 amide bonds. The van der Waals surface area contributed by atoms with Crippen LogP contribution in [0.1, 0.15) is 0 Å². The van der Waals surface area contributed by atoms with Crippen LogP contribution in [-0.4, -0.2) is 0 Å². The van der Waals surface area contributed by atoms with Crippen LogP contribution < -0.4 is 0 Å². The van der Waals surface area contributed by atoms with Crippen molar-refractivity contribution in [2.24, 2.45) is 0 Å². The van der Waals surface area contributed by atoms with Gasteiger partial charge in [-0.1, -0.05) is 0 Å². The van der Waals surface area contributed by atoms with Crippen molar-refractivity contribution >= 4 is 0 Å². The summed E-state index contributed by atoms with van der Waals surface area (Å²) in [4.78, 5) is 0. The molecule has 0 aliphatic heterocycles. The predicted octanol–water partition coefficient (Wildman–Crippen LogP) is -0.245. The Morgan fingerprint density at radius 2 is 1.20 bits per heavy atom. The van der Waals surface area contributed by atoms with Gasteiger partial charge in [-0.3, -0.25) is 0 Å². The quantitative estimate of drug-likeness (QED) is 0.564. The maximum atomic E-state index is 7.88. The minimum atomic E-state index is 0. The Morgan fingerprint density at radius 3 is 1.20 bits per heavy atom. The summed E-state index contributed by atoms with van der Waals surface area (Å²) in [7, 11) is 0.